The minimum absolute atomic E-state index is 0.0316. The Morgan fingerprint density at radius 1 is 1.27 bits per heavy atom. The van der Waals surface area contributed by atoms with Crippen LogP contribution in [-0.2, 0) is 5.54 Å². The molecule has 1 aromatic carbocycles. The van der Waals surface area contributed by atoms with E-state index >= 15 is 0 Å². The Hall–Kier alpha value is -0.470. The topological polar surface area (TPSA) is 26.0 Å². The number of rotatable bonds is 2. The van der Waals surface area contributed by atoms with Crippen molar-refractivity contribution in [3.05, 3.63) is 35.4 Å². The van der Waals surface area contributed by atoms with Gasteiger partial charge in [0.15, 0.2) is 0 Å². The fourth-order valence-corrected chi connectivity index (χ4v) is 3.74. The normalized spacial score (nSPS) is 27.9. The van der Waals surface area contributed by atoms with Gasteiger partial charge in [-0.25, -0.2) is 0 Å². The van der Waals surface area contributed by atoms with Crippen molar-refractivity contribution >= 4 is 11.8 Å². The molecule has 1 aromatic rings. The molecule has 0 aromatic heterocycles. The maximum atomic E-state index is 6.33. The van der Waals surface area contributed by atoms with Gasteiger partial charge in [-0.2, -0.15) is 11.8 Å². The lowest BCUT2D eigenvalue weighted by Gasteiger charge is -2.19. The molecule has 1 heterocycles. The van der Waals surface area contributed by atoms with Gasteiger partial charge >= 0.3 is 0 Å². The van der Waals surface area contributed by atoms with E-state index in [1.807, 2.05) is 0 Å². The third kappa shape index (κ3) is 1.70. The highest BCUT2D eigenvalue weighted by Crippen LogP contribution is 2.47. The zero-order valence-electron chi connectivity index (χ0n) is 8.91. The molecule has 15 heavy (non-hydrogen) atoms. The fourth-order valence-electron chi connectivity index (χ4n) is 2.49. The standard InChI is InChI=1S/C13H17NS/c14-13(6-7-13)12-4-2-1-3-11(12)10-5-8-15-9-10/h1-4,10H,5-9,14H2. The van der Waals surface area contributed by atoms with E-state index in [0.29, 0.717) is 0 Å². The molecule has 80 valence electrons. The Morgan fingerprint density at radius 3 is 2.73 bits per heavy atom. The van der Waals surface area contributed by atoms with E-state index in [9.17, 15) is 0 Å². The molecule has 1 saturated carbocycles. The maximum Gasteiger partial charge on any atom is 0.0414 e. The van der Waals surface area contributed by atoms with Gasteiger partial charge in [0.2, 0.25) is 0 Å². The first-order valence-corrected chi connectivity index (χ1v) is 6.91. The molecule has 1 atom stereocenters. The van der Waals surface area contributed by atoms with E-state index in [-0.39, 0.29) is 5.54 Å². The molecular formula is C13H17NS. The van der Waals surface area contributed by atoms with Gasteiger partial charge in [0.25, 0.3) is 0 Å². The summed E-state index contributed by atoms with van der Waals surface area (Å²) >= 11 is 2.08. The Kier molecular flexibility index (Phi) is 2.29. The van der Waals surface area contributed by atoms with Crippen LogP contribution in [0, 0.1) is 0 Å². The van der Waals surface area contributed by atoms with E-state index in [0.717, 1.165) is 5.92 Å². The summed E-state index contributed by atoms with van der Waals surface area (Å²) in [7, 11) is 0. The summed E-state index contributed by atoms with van der Waals surface area (Å²) in [5.74, 6) is 3.36. The first kappa shape index (κ1) is 9.73. The molecule has 2 aliphatic rings. The fraction of sp³-hybridized carbons (Fsp3) is 0.538. The molecule has 1 nitrogen and oxygen atoms in total. The van der Waals surface area contributed by atoms with Crippen molar-refractivity contribution in [3.8, 4) is 0 Å². The van der Waals surface area contributed by atoms with Crippen LogP contribution >= 0.6 is 11.8 Å². The molecule has 1 saturated heterocycles. The Bertz CT molecular complexity index is 365. The lowest BCUT2D eigenvalue weighted by molar-refractivity contribution is 0.691. The van der Waals surface area contributed by atoms with Crippen LogP contribution in [0.1, 0.15) is 36.3 Å². The van der Waals surface area contributed by atoms with Crippen LogP contribution in [0.25, 0.3) is 0 Å². The second-order valence-electron chi connectivity index (χ2n) is 4.80. The number of hydrogen-bond donors (Lipinski definition) is 1. The molecule has 1 unspecified atom stereocenters. The van der Waals surface area contributed by atoms with Crippen LogP contribution in [0.2, 0.25) is 0 Å². The Morgan fingerprint density at radius 2 is 2.07 bits per heavy atom. The zero-order valence-corrected chi connectivity index (χ0v) is 9.72. The molecule has 2 heteroatoms. The van der Waals surface area contributed by atoms with Crippen molar-refractivity contribution < 1.29 is 0 Å². The van der Waals surface area contributed by atoms with Gasteiger partial charge < -0.3 is 5.73 Å². The summed E-state index contributed by atoms with van der Waals surface area (Å²) in [4.78, 5) is 0. The first-order chi connectivity index (χ1) is 7.30. The quantitative estimate of drug-likeness (QED) is 0.827. The van der Waals surface area contributed by atoms with Gasteiger partial charge in [0.1, 0.15) is 0 Å². The van der Waals surface area contributed by atoms with E-state index in [4.69, 9.17) is 5.73 Å². The van der Waals surface area contributed by atoms with Crippen molar-refractivity contribution in [2.75, 3.05) is 11.5 Å². The predicted molar refractivity (Wildman–Crippen MR) is 66.2 cm³/mol. The smallest absolute Gasteiger partial charge is 0.0414 e. The number of benzene rings is 1. The van der Waals surface area contributed by atoms with Gasteiger partial charge in [-0.3, -0.25) is 0 Å². The molecular weight excluding hydrogens is 202 g/mol. The molecule has 2 fully saturated rings. The van der Waals surface area contributed by atoms with E-state index in [2.05, 4.69) is 36.0 Å². The Balaban J connectivity index is 1.98. The van der Waals surface area contributed by atoms with Gasteiger partial charge in [-0.15, -0.1) is 0 Å². The zero-order chi connectivity index (χ0) is 10.3. The van der Waals surface area contributed by atoms with Gasteiger partial charge in [0.05, 0.1) is 0 Å². The predicted octanol–water partition coefficient (Wildman–Crippen LogP) is 2.85. The highest BCUT2D eigenvalue weighted by Gasteiger charge is 2.42. The molecule has 0 radical (unpaired) electrons. The molecule has 0 bridgehead atoms. The summed E-state index contributed by atoms with van der Waals surface area (Å²) in [6.45, 7) is 0. The van der Waals surface area contributed by atoms with Gasteiger partial charge in [-0.1, -0.05) is 24.3 Å². The van der Waals surface area contributed by atoms with Crippen LogP contribution in [0.15, 0.2) is 24.3 Å². The summed E-state index contributed by atoms with van der Waals surface area (Å²) in [5, 5.41) is 0. The molecule has 2 N–H and O–H groups in total. The van der Waals surface area contributed by atoms with E-state index in [1.54, 1.807) is 0 Å². The van der Waals surface area contributed by atoms with Crippen LogP contribution in [0.4, 0.5) is 0 Å². The largest absolute Gasteiger partial charge is 0.321 e. The second kappa shape index (κ2) is 3.53. The molecule has 1 aliphatic heterocycles. The lowest BCUT2D eigenvalue weighted by Crippen LogP contribution is -2.21. The number of thioether (sulfide) groups is 1. The maximum absolute atomic E-state index is 6.33. The summed E-state index contributed by atoms with van der Waals surface area (Å²) in [5.41, 5.74) is 9.32. The third-order valence-corrected chi connectivity index (χ3v) is 4.82. The van der Waals surface area contributed by atoms with Crippen molar-refractivity contribution in [3.63, 3.8) is 0 Å². The summed E-state index contributed by atoms with van der Waals surface area (Å²) < 4.78 is 0. The summed E-state index contributed by atoms with van der Waals surface area (Å²) in [6.07, 6.45) is 3.67. The van der Waals surface area contributed by atoms with Crippen LogP contribution < -0.4 is 5.73 Å². The van der Waals surface area contributed by atoms with E-state index < -0.39 is 0 Å². The van der Waals surface area contributed by atoms with Gasteiger partial charge in [-0.05, 0) is 42.1 Å². The third-order valence-electron chi connectivity index (χ3n) is 3.66. The number of hydrogen-bond acceptors (Lipinski definition) is 2. The minimum atomic E-state index is 0.0316. The van der Waals surface area contributed by atoms with Crippen molar-refractivity contribution in [2.24, 2.45) is 5.73 Å². The number of nitrogens with two attached hydrogens (primary N) is 1. The molecule has 3 rings (SSSR count). The second-order valence-corrected chi connectivity index (χ2v) is 5.95. The first-order valence-electron chi connectivity index (χ1n) is 5.76. The average molecular weight is 219 g/mol. The van der Waals surface area contributed by atoms with Gasteiger partial charge in [0, 0.05) is 11.3 Å². The van der Waals surface area contributed by atoms with Crippen molar-refractivity contribution in [1.82, 2.24) is 0 Å². The molecule has 0 spiro atoms. The highest BCUT2D eigenvalue weighted by atomic mass is 32.2. The molecule has 0 amide bonds. The lowest BCUT2D eigenvalue weighted by atomic mass is 9.89. The van der Waals surface area contributed by atoms with Crippen LogP contribution in [0.3, 0.4) is 0 Å². The van der Waals surface area contributed by atoms with E-state index in [1.165, 1.54) is 41.9 Å². The summed E-state index contributed by atoms with van der Waals surface area (Å²) in [6, 6.07) is 8.82. The monoisotopic (exact) mass is 219 g/mol. The average Bonchev–Trinajstić information content (AvgIpc) is 2.84. The Labute approximate surface area is 95.4 Å². The highest BCUT2D eigenvalue weighted by molar-refractivity contribution is 7.99. The van der Waals surface area contributed by atoms with Crippen molar-refractivity contribution in [1.29, 1.82) is 0 Å². The SMILES string of the molecule is NC1(c2ccccc2C2CCSC2)CC1. The van der Waals surface area contributed by atoms with Crippen LogP contribution in [-0.4, -0.2) is 11.5 Å². The molecule has 1 aliphatic carbocycles. The van der Waals surface area contributed by atoms with Crippen molar-refractivity contribution in [2.45, 2.75) is 30.7 Å². The van der Waals surface area contributed by atoms with Crippen LogP contribution in [0.5, 0.6) is 0 Å². The minimum Gasteiger partial charge on any atom is -0.321 e.